The molecular formula is C20H21NO5. The summed E-state index contributed by atoms with van der Waals surface area (Å²) >= 11 is 0. The summed E-state index contributed by atoms with van der Waals surface area (Å²) in [6.07, 6.45) is -1.08. The fourth-order valence-corrected chi connectivity index (χ4v) is 3.11. The Balaban J connectivity index is 1.46. The Labute approximate surface area is 152 Å². The molecule has 3 unspecified atom stereocenters. The zero-order valence-electron chi connectivity index (χ0n) is 14.7. The van der Waals surface area contributed by atoms with Crippen LogP contribution >= 0.6 is 0 Å². The lowest BCUT2D eigenvalue weighted by atomic mass is 10.1. The van der Waals surface area contributed by atoms with Crippen LogP contribution in [0.25, 0.3) is 0 Å². The summed E-state index contributed by atoms with van der Waals surface area (Å²) in [6.45, 7) is 4.83. The van der Waals surface area contributed by atoms with Gasteiger partial charge in [0.05, 0.1) is 6.04 Å². The average Bonchev–Trinajstić information content (AvgIpc) is 2.66. The second-order valence-electron chi connectivity index (χ2n) is 6.44. The SMILES string of the molecule is CC(NC(=O)C1Oc2ccccc2OC1C)c1ccc2c(c1)OCCO2. The van der Waals surface area contributed by atoms with Crippen LogP contribution in [0, 0.1) is 0 Å². The molecule has 0 fully saturated rings. The van der Waals surface area contributed by atoms with Crippen molar-refractivity contribution in [2.24, 2.45) is 0 Å². The van der Waals surface area contributed by atoms with Crippen LogP contribution in [0.3, 0.4) is 0 Å². The Kier molecular flexibility index (Phi) is 4.32. The first-order valence-electron chi connectivity index (χ1n) is 8.74. The number of hydrogen-bond acceptors (Lipinski definition) is 5. The molecule has 2 aromatic carbocycles. The van der Waals surface area contributed by atoms with Crippen molar-refractivity contribution in [2.45, 2.75) is 32.1 Å². The number of rotatable bonds is 3. The van der Waals surface area contributed by atoms with E-state index in [9.17, 15) is 4.79 Å². The van der Waals surface area contributed by atoms with E-state index in [-0.39, 0.29) is 18.1 Å². The van der Waals surface area contributed by atoms with Crippen LogP contribution < -0.4 is 24.3 Å². The van der Waals surface area contributed by atoms with Crippen molar-refractivity contribution in [2.75, 3.05) is 13.2 Å². The third-order valence-corrected chi connectivity index (χ3v) is 4.53. The quantitative estimate of drug-likeness (QED) is 0.917. The number of fused-ring (bicyclic) bond motifs is 2. The van der Waals surface area contributed by atoms with Gasteiger partial charge in [0.25, 0.3) is 5.91 Å². The lowest BCUT2D eigenvalue weighted by molar-refractivity contribution is -0.134. The molecule has 2 heterocycles. The van der Waals surface area contributed by atoms with Crippen LogP contribution in [0.5, 0.6) is 23.0 Å². The van der Waals surface area contributed by atoms with Crippen molar-refractivity contribution >= 4 is 5.91 Å². The highest BCUT2D eigenvalue weighted by Crippen LogP contribution is 2.34. The lowest BCUT2D eigenvalue weighted by Crippen LogP contribution is -2.49. The van der Waals surface area contributed by atoms with Gasteiger partial charge in [0.15, 0.2) is 23.0 Å². The summed E-state index contributed by atoms with van der Waals surface area (Å²) in [5.74, 6) is 2.46. The summed E-state index contributed by atoms with van der Waals surface area (Å²) in [5, 5.41) is 2.99. The van der Waals surface area contributed by atoms with Crippen molar-refractivity contribution in [1.29, 1.82) is 0 Å². The number of amides is 1. The first kappa shape index (κ1) is 16.6. The molecule has 136 valence electrons. The van der Waals surface area contributed by atoms with Gasteiger partial charge in [0, 0.05) is 0 Å². The summed E-state index contributed by atoms with van der Waals surface area (Å²) in [7, 11) is 0. The second kappa shape index (κ2) is 6.78. The van der Waals surface area contributed by atoms with Gasteiger partial charge in [0.2, 0.25) is 6.10 Å². The zero-order valence-corrected chi connectivity index (χ0v) is 14.7. The number of carbonyl (C=O) groups is 1. The lowest BCUT2D eigenvalue weighted by Gasteiger charge is -2.31. The monoisotopic (exact) mass is 355 g/mol. The number of hydrogen-bond donors (Lipinski definition) is 1. The van der Waals surface area contributed by atoms with E-state index < -0.39 is 6.10 Å². The first-order valence-corrected chi connectivity index (χ1v) is 8.74. The van der Waals surface area contributed by atoms with Crippen molar-refractivity contribution < 1.29 is 23.7 Å². The maximum atomic E-state index is 12.7. The van der Waals surface area contributed by atoms with Crippen LogP contribution in [0.4, 0.5) is 0 Å². The number of carbonyl (C=O) groups excluding carboxylic acids is 1. The molecule has 0 spiro atoms. The molecule has 3 atom stereocenters. The van der Waals surface area contributed by atoms with Gasteiger partial charge in [-0.15, -0.1) is 0 Å². The molecule has 2 aliphatic heterocycles. The highest BCUT2D eigenvalue weighted by molar-refractivity contribution is 5.82. The summed E-state index contributed by atoms with van der Waals surface area (Å²) in [4.78, 5) is 12.7. The van der Waals surface area contributed by atoms with Crippen LogP contribution in [0.15, 0.2) is 42.5 Å². The van der Waals surface area contributed by atoms with Crippen molar-refractivity contribution in [3.05, 3.63) is 48.0 Å². The van der Waals surface area contributed by atoms with Crippen molar-refractivity contribution in [3.63, 3.8) is 0 Å². The van der Waals surface area contributed by atoms with E-state index in [4.69, 9.17) is 18.9 Å². The van der Waals surface area contributed by atoms with Crippen LogP contribution in [-0.2, 0) is 4.79 Å². The Bertz CT molecular complexity index is 822. The fraction of sp³-hybridized carbons (Fsp3) is 0.350. The van der Waals surface area contributed by atoms with Gasteiger partial charge in [0.1, 0.15) is 19.3 Å². The predicted molar refractivity (Wildman–Crippen MR) is 94.9 cm³/mol. The minimum absolute atomic E-state index is 0.203. The van der Waals surface area contributed by atoms with Crippen LogP contribution in [0.2, 0.25) is 0 Å². The molecule has 0 aromatic heterocycles. The Morgan fingerprint density at radius 3 is 2.46 bits per heavy atom. The number of ether oxygens (including phenoxy) is 4. The minimum atomic E-state index is -0.704. The Morgan fingerprint density at radius 2 is 1.69 bits per heavy atom. The predicted octanol–water partition coefficient (Wildman–Crippen LogP) is 2.86. The van der Waals surface area contributed by atoms with E-state index in [0.717, 1.165) is 11.3 Å². The summed E-state index contributed by atoms with van der Waals surface area (Å²) in [6, 6.07) is 12.8. The highest BCUT2D eigenvalue weighted by Gasteiger charge is 2.34. The molecule has 1 amide bonds. The molecule has 1 N–H and O–H groups in total. The first-order chi connectivity index (χ1) is 12.6. The summed E-state index contributed by atoms with van der Waals surface area (Å²) in [5.41, 5.74) is 0.937. The zero-order chi connectivity index (χ0) is 18.1. The Hall–Kier alpha value is -2.89. The molecule has 26 heavy (non-hydrogen) atoms. The molecule has 4 rings (SSSR count). The maximum Gasteiger partial charge on any atom is 0.265 e. The molecule has 0 saturated heterocycles. The standard InChI is InChI=1S/C20H21NO5/c1-12(14-7-8-15-18(11-14)24-10-9-23-15)21-20(22)19-13(2)25-16-5-3-4-6-17(16)26-19/h3-8,11-13,19H,9-10H2,1-2H3,(H,21,22). The molecule has 0 aliphatic carbocycles. The van der Waals surface area contributed by atoms with Gasteiger partial charge in [-0.2, -0.15) is 0 Å². The minimum Gasteiger partial charge on any atom is -0.486 e. The molecule has 0 radical (unpaired) electrons. The highest BCUT2D eigenvalue weighted by atomic mass is 16.6. The fourth-order valence-electron chi connectivity index (χ4n) is 3.11. The summed E-state index contributed by atoms with van der Waals surface area (Å²) < 4.78 is 22.8. The van der Waals surface area contributed by atoms with E-state index >= 15 is 0 Å². The van der Waals surface area contributed by atoms with E-state index in [0.29, 0.717) is 30.5 Å². The van der Waals surface area contributed by atoms with Crippen molar-refractivity contribution in [1.82, 2.24) is 5.32 Å². The normalized spacial score (nSPS) is 21.6. The Morgan fingerprint density at radius 1 is 1.00 bits per heavy atom. The van der Waals surface area contributed by atoms with Gasteiger partial charge < -0.3 is 24.3 Å². The molecule has 0 bridgehead atoms. The molecule has 2 aliphatic rings. The van der Waals surface area contributed by atoms with Gasteiger partial charge >= 0.3 is 0 Å². The molecular weight excluding hydrogens is 334 g/mol. The molecule has 6 nitrogen and oxygen atoms in total. The number of para-hydroxylation sites is 2. The molecule has 6 heteroatoms. The maximum absolute atomic E-state index is 12.7. The van der Waals surface area contributed by atoms with E-state index in [1.165, 1.54) is 0 Å². The average molecular weight is 355 g/mol. The molecule has 0 saturated carbocycles. The van der Waals surface area contributed by atoms with Crippen molar-refractivity contribution in [3.8, 4) is 23.0 Å². The smallest absolute Gasteiger partial charge is 0.265 e. The number of nitrogens with one attached hydrogen (secondary N) is 1. The van der Waals surface area contributed by atoms with E-state index in [1.807, 2.05) is 50.2 Å². The third-order valence-electron chi connectivity index (χ3n) is 4.53. The largest absolute Gasteiger partial charge is 0.486 e. The van der Waals surface area contributed by atoms with E-state index in [2.05, 4.69) is 5.32 Å². The topological polar surface area (TPSA) is 66.0 Å². The van der Waals surface area contributed by atoms with Gasteiger partial charge in [-0.25, -0.2) is 0 Å². The molecule has 2 aromatic rings. The van der Waals surface area contributed by atoms with Crippen LogP contribution in [0.1, 0.15) is 25.5 Å². The second-order valence-corrected chi connectivity index (χ2v) is 6.44. The van der Waals surface area contributed by atoms with Gasteiger partial charge in [-0.05, 0) is 43.7 Å². The third kappa shape index (κ3) is 3.14. The van der Waals surface area contributed by atoms with E-state index in [1.54, 1.807) is 6.07 Å². The van der Waals surface area contributed by atoms with Gasteiger partial charge in [-0.1, -0.05) is 18.2 Å². The van der Waals surface area contributed by atoms with Crippen LogP contribution in [-0.4, -0.2) is 31.3 Å². The van der Waals surface area contributed by atoms with Gasteiger partial charge in [-0.3, -0.25) is 4.79 Å². The number of benzene rings is 2.